The number of hydrogen-bond donors (Lipinski definition) is 1. The first kappa shape index (κ1) is 23.8. The molecular weight excluding hydrogens is 468 g/mol. The topological polar surface area (TPSA) is 87.6 Å². The lowest BCUT2D eigenvalue weighted by Gasteiger charge is -2.22. The Bertz CT molecular complexity index is 1380. The van der Waals surface area contributed by atoms with Crippen molar-refractivity contribution in [2.45, 2.75) is 31.3 Å². The standard InChI is InChI=1S/C26H24N2O4S2/c1-19-8-10-20(11-9-19)16-28(17-22-6-4-5-21(13-22)14-26(29)30)34(31,32)23-15-25(33-18-23)24-7-2-3-12-27-24/h2-13,15,18H,14,16-17H2,1H3,(H,29,30). The van der Waals surface area contributed by atoms with Crippen molar-refractivity contribution < 1.29 is 18.3 Å². The molecule has 0 saturated carbocycles. The molecule has 0 aliphatic heterocycles. The Kier molecular flexibility index (Phi) is 7.21. The van der Waals surface area contributed by atoms with Gasteiger partial charge < -0.3 is 5.11 Å². The zero-order valence-electron chi connectivity index (χ0n) is 18.6. The van der Waals surface area contributed by atoms with Gasteiger partial charge in [0.25, 0.3) is 0 Å². The van der Waals surface area contributed by atoms with E-state index in [1.165, 1.54) is 15.6 Å². The summed E-state index contributed by atoms with van der Waals surface area (Å²) >= 11 is 1.34. The van der Waals surface area contributed by atoms with Gasteiger partial charge in [0.05, 0.1) is 21.9 Å². The highest BCUT2D eigenvalue weighted by Gasteiger charge is 2.27. The molecule has 8 heteroatoms. The van der Waals surface area contributed by atoms with Crippen molar-refractivity contribution in [2.24, 2.45) is 0 Å². The van der Waals surface area contributed by atoms with Crippen LogP contribution in [-0.2, 0) is 34.3 Å². The number of benzene rings is 2. The van der Waals surface area contributed by atoms with Gasteiger partial charge >= 0.3 is 5.97 Å². The molecule has 1 N–H and O–H groups in total. The lowest BCUT2D eigenvalue weighted by molar-refractivity contribution is -0.136. The highest BCUT2D eigenvalue weighted by Crippen LogP contribution is 2.31. The summed E-state index contributed by atoms with van der Waals surface area (Å²) in [6.45, 7) is 2.30. The minimum atomic E-state index is -3.83. The van der Waals surface area contributed by atoms with Crippen LogP contribution >= 0.6 is 11.3 Å². The minimum Gasteiger partial charge on any atom is -0.481 e. The van der Waals surface area contributed by atoms with Crippen molar-refractivity contribution in [3.05, 3.63) is 107 Å². The molecule has 0 bridgehead atoms. The Morgan fingerprint density at radius 3 is 2.38 bits per heavy atom. The molecule has 0 aliphatic rings. The molecule has 0 spiro atoms. The summed E-state index contributed by atoms with van der Waals surface area (Å²) in [6, 6.07) is 22.0. The second-order valence-electron chi connectivity index (χ2n) is 8.01. The average molecular weight is 493 g/mol. The Morgan fingerprint density at radius 2 is 1.68 bits per heavy atom. The molecule has 0 amide bonds. The van der Waals surface area contributed by atoms with Crippen LogP contribution in [0.4, 0.5) is 0 Å². The number of carboxylic acids is 1. The number of aryl methyl sites for hydroxylation is 1. The summed E-state index contributed by atoms with van der Waals surface area (Å²) in [5.41, 5.74) is 4.05. The van der Waals surface area contributed by atoms with Crippen LogP contribution in [0.5, 0.6) is 0 Å². The van der Waals surface area contributed by atoms with Crippen LogP contribution in [0.15, 0.2) is 89.3 Å². The maximum absolute atomic E-state index is 13.7. The average Bonchev–Trinajstić information content (AvgIpc) is 3.32. The largest absolute Gasteiger partial charge is 0.481 e. The third-order valence-electron chi connectivity index (χ3n) is 5.32. The molecule has 0 aliphatic carbocycles. The van der Waals surface area contributed by atoms with E-state index in [-0.39, 0.29) is 24.4 Å². The molecule has 4 aromatic rings. The molecule has 0 atom stereocenters. The summed E-state index contributed by atoms with van der Waals surface area (Å²) in [5.74, 6) is -0.929. The monoisotopic (exact) mass is 492 g/mol. The summed E-state index contributed by atoms with van der Waals surface area (Å²) in [4.78, 5) is 16.4. The van der Waals surface area contributed by atoms with Crippen LogP contribution in [0.3, 0.4) is 0 Å². The number of aromatic nitrogens is 1. The molecule has 2 heterocycles. The van der Waals surface area contributed by atoms with Gasteiger partial charge in [-0.2, -0.15) is 4.31 Å². The summed E-state index contributed by atoms with van der Waals surface area (Å²) in [5, 5.41) is 10.8. The van der Waals surface area contributed by atoms with Crippen LogP contribution in [0, 0.1) is 6.92 Å². The van der Waals surface area contributed by atoms with Crippen molar-refractivity contribution in [1.82, 2.24) is 9.29 Å². The van der Waals surface area contributed by atoms with E-state index in [2.05, 4.69) is 4.98 Å². The van der Waals surface area contributed by atoms with Crippen molar-refractivity contribution in [3.8, 4) is 10.6 Å². The molecule has 0 radical (unpaired) electrons. The van der Waals surface area contributed by atoms with Crippen LogP contribution in [0.2, 0.25) is 0 Å². The Morgan fingerprint density at radius 1 is 0.941 bits per heavy atom. The van der Waals surface area contributed by atoms with Crippen molar-refractivity contribution in [2.75, 3.05) is 0 Å². The third-order valence-corrected chi connectivity index (χ3v) is 8.19. The smallest absolute Gasteiger partial charge is 0.307 e. The normalized spacial score (nSPS) is 11.6. The number of carbonyl (C=O) groups is 1. The van der Waals surface area contributed by atoms with Crippen molar-refractivity contribution in [3.63, 3.8) is 0 Å². The van der Waals surface area contributed by atoms with E-state index < -0.39 is 16.0 Å². The molecule has 6 nitrogen and oxygen atoms in total. The molecule has 4 rings (SSSR count). The van der Waals surface area contributed by atoms with E-state index >= 15 is 0 Å². The Balaban J connectivity index is 1.68. The molecule has 0 saturated heterocycles. The number of carboxylic acid groups (broad SMARTS) is 1. The van der Waals surface area contributed by atoms with Gasteiger partial charge in [-0.15, -0.1) is 11.3 Å². The second kappa shape index (κ2) is 10.3. The minimum absolute atomic E-state index is 0.115. The zero-order valence-corrected chi connectivity index (χ0v) is 20.2. The third kappa shape index (κ3) is 5.77. The first-order valence-electron chi connectivity index (χ1n) is 10.7. The number of hydrogen-bond acceptors (Lipinski definition) is 5. The van der Waals surface area contributed by atoms with Crippen molar-refractivity contribution >= 4 is 27.3 Å². The molecule has 0 fully saturated rings. The van der Waals surface area contributed by atoms with Gasteiger partial charge in [-0.25, -0.2) is 8.42 Å². The van der Waals surface area contributed by atoms with E-state index in [1.54, 1.807) is 35.8 Å². The molecular formula is C26H24N2O4S2. The second-order valence-corrected chi connectivity index (χ2v) is 10.9. The van der Waals surface area contributed by atoms with Crippen LogP contribution in [-0.4, -0.2) is 28.8 Å². The van der Waals surface area contributed by atoms with Gasteiger partial charge in [0.15, 0.2) is 0 Å². The molecule has 174 valence electrons. The highest BCUT2D eigenvalue weighted by atomic mass is 32.2. The highest BCUT2D eigenvalue weighted by molar-refractivity contribution is 7.89. The van der Waals surface area contributed by atoms with Crippen molar-refractivity contribution in [1.29, 1.82) is 0 Å². The fraction of sp³-hybridized carbons (Fsp3) is 0.154. The summed E-state index contributed by atoms with van der Waals surface area (Å²) in [6.07, 6.45) is 1.56. The van der Waals surface area contributed by atoms with E-state index in [1.807, 2.05) is 55.5 Å². The number of nitrogens with zero attached hydrogens (tertiary/aromatic N) is 2. The predicted octanol–water partition coefficient (Wildman–Crippen LogP) is 5.14. The zero-order chi connectivity index (χ0) is 24.1. The van der Waals surface area contributed by atoms with Gasteiger partial charge in [0.2, 0.25) is 10.0 Å². The molecule has 2 aromatic heterocycles. The Hall–Kier alpha value is -3.33. The van der Waals surface area contributed by atoms with Gasteiger partial charge in [-0.1, -0.05) is 60.2 Å². The molecule has 34 heavy (non-hydrogen) atoms. The maximum atomic E-state index is 13.7. The Labute approximate surface area is 203 Å². The number of thiophene rings is 1. The van der Waals surface area contributed by atoms with Crippen LogP contribution < -0.4 is 0 Å². The number of pyridine rings is 1. The van der Waals surface area contributed by atoms with E-state index in [0.717, 1.165) is 27.3 Å². The van der Waals surface area contributed by atoms with Gasteiger partial charge in [-0.05, 0) is 41.8 Å². The van der Waals surface area contributed by atoms with Crippen LogP contribution in [0.25, 0.3) is 10.6 Å². The van der Waals surface area contributed by atoms with E-state index in [4.69, 9.17) is 5.11 Å². The summed E-state index contributed by atoms with van der Waals surface area (Å²) in [7, 11) is -3.83. The fourth-order valence-electron chi connectivity index (χ4n) is 3.59. The number of rotatable bonds is 9. The lowest BCUT2D eigenvalue weighted by Crippen LogP contribution is -2.30. The SMILES string of the molecule is Cc1ccc(CN(Cc2cccc(CC(=O)O)c2)S(=O)(=O)c2csc(-c3ccccn3)c2)cc1. The number of sulfonamides is 1. The van der Waals surface area contributed by atoms with Crippen LogP contribution in [0.1, 0.15) is 22.3 Å². The van der Waals surface area contributed by atoms with Gasteiger partial charge in [0.1, 0.15) is 0 Å². The summed E-state index contributed by atoms with van der Waals surface area (Å²) < 4.78 is 28.9. The molecule has 2 aromatic carbocycles. The predicted molar refractivity (Wildman–Crippen MR) is 133 cm³/mol. The number of aliphatic carboxylic acids is 1. The first-order valence-corrected chi connectivity index (χ1v) is 13.0. The van der Waals surface area contributed by atoms with E-state index in [0.29, 0.717) is 5.56 Å². The molecule has 0 unspecified atom stereocenters. The lowest BCUT2D eigenvalue weighted by atomic mass is 10.1. The quantitative estimate of drug-likeness (QED) is 0.350. The van der Waals surface area contributed by atoms with Gasteiger partial charge in [0, 0.05) is 24.7 Å². The fourth-order valence-corrected chi connectivity index (χ4v) is 6.24. The van der Waals surface area contributed by atoms with E-state index in [9.17, 15) is 13.2 Å². The van der Waals surface area contributed by atoms with Gasteiger partial charge in [-0.3, -0.25) is 9.78 Å². The maximum Gasteiger partial charge on any atom is 0.307 e. The first-order chi connectivity index (χ1) is 16.3.